The average molecular weight is 418 g/mol. The van der Waals surface area contributed by atoms with Crippen LogP contribution in [-0.4, -0.2) is 46.2 Å². The first-order chi connectivity index (χ1) is 14.8. The SMILES string of the molecule is COC1CCN(Cc2ccnc(Nc3nc4ccc(-c5ccncc5)cc4s3)c2)C1. The third-order valence-corrected chi connectivity index (χ3v) is 6.36. The summed E-state index contributed by atoms with van der Waals surface area (Å²) in [6.45, 7) is 2.97. The van der Waals surface area contributed by atoms with Crippen molar-refractivity contribution in [3.05, 3.63) is 66.6 Å². The molecule has 1 aliphatic heterocycles. The van der Waals surface area contributed by atoms with Crippen molar-refractivity contribution >= 4 is 32.5 Å². The van der Waals surface area contributed by atoms with Crippen LogP contribution in [0.1, 0.15) is 12.0 Å². The Morgan fingerprint density at radius 3 is 2.83 bits per heavy atom. The highest BCUT2D eigenvalue weighted by Gasteiger charge is 2.21. The average Bonchev–Trinajstić information content (AvgIpc) is 3.40. The summed E-state index contributed by atoms with van der Waals surface area (Å²) < 4.78 is 6.61. The summed E-state index contributed by atoms with van der Waals surface area (Å²) >= 11 is 1.64. The van der Waals surface area contributed by atoms with Gasteiger partial charge in [0, 0.05) is 45.3 Å². The molecule has 30 heavy (non-hydrogen) atoms. The van der Waals surface area contributed by atoms with E-state index in [0.717, 1.165) is 52.8 Å². The Hall–Kier alpha value is -2.87. The van der Waals surface area contributed by atoms with Gasteiger partial charge in [-0.05, 0) is 59.5 Å². The van der Waals surface area contributed by atoms with Crippen molar-refractivity contribution in [2.45, 2.75) is 19.1 Å². The van der Waals surface area contributed by atoms with E-state index < -0.39 is 0 Å². The Morgan fingerprint density at radius 2 is 2.00 bits per heavy atom. The number of methoxy groups -OCH3 is 1. The van der Waals surface area contributed by atoms with Gasteiger partial charge in [0.1, 0.15) is 5.82 Å². The highest BCUT2D eigenvalue weighted by Crippen LogP contribution is 2.31. The topological polar surface area (TPSA) is 63.2 Å². The second-order valence-corrected chi connectivity index (χ2v) is 8.52. The lowest BCUT2D eigenvalue weighted by Crippen LogP contribution is -2.22. The zero-order chi connectivity index (χ0) is 20.3. The van der Waals surface area contributed by atoms with Gasteiger partial charge in [-0.25, -0.2) is 9.97 Å². The third kappa shape index (κ3) is 4.18. The van der Waals surface area contributed by atoms with E-state index in [2.05, 4.69) is 50.5 Å². The molecule has 0 aliphatic carbocycles. The van der Waals surface area contributed by atoms with Crippen LogP contribution in [-0.2, 0) is 11.3 Å². The van der Waals surface area contributed by atoms with Gasteiger partial charge >= 0.3 is 0 Å². The van der Waals surface area contributed by atoms with E-state index in [1.54, 1.807) is 18.4 Å². The number of thiazole rings is 1. The van der Waals surface area contributed by atoms with Gasteiger partial charge < -0.3 is 10.1 Å². The van der Waals surface area contributed by atoms with E-state index >= 15 is 0 Å². The number of anilines is 2. The van der Waals surface area contributed by atoms with Gasteiger partial charge in [-0.2, -0.15) is 0 Å². The number of aromatic nitrogens is 3. The first-order valence-corrected chi connectivity index (χ1v) is 10.9. The molecule has 7 heteroatoms. The molecule has 1 atom stereocenters. The van der Waals surface area contributed by atoms with Crippen molar-refractivity contribution in [1.82, 2.24) is 19.9 Å². The van der Waals surface area contributed by atoms with Crippen molar-refractivity contribution in [3.63, 3.8) is 0 Å². The standard InChI is InChI=1S/C23H23N5OS/c1-29-19-7-11-28(15-19)14-16-4-10-25-22(12-16)27-23-26-20-3-2-18(13-21(20)30-23)17-5-8-24-9-6-17/h2-6,8-10,12-13,19H,7,11,14-15H2,1H3,(H,25,26,27). The number of rotatable bonds is 6. The lowest BCUT2D eigenvalue weighted by Gasteiger charge is -2.16. The molecule has 0 amide bonds. The first kappa shape index (κ1) is 19.1. The Kier molecular flexibility index (Phi) is 5.40. The molecule has 1 N–H and O–H groups in total. The first-order valence-electron chi connectivity index (χ1n) is 10.0. The van der Waals surface area contributed by atoms with Crippen molar-refractivity contribution in [3.8, 4) is 11.1 Å². The van der Waals surface area contributed by atoms with Crippen molar-refractivity contribution < 1.29 is 4.74 Å². The van der Waals surface area contributed by atoms with Crippen LogP contribution in [0.25, 0.3) is 21.3 Å². The number of fused-ring (bicyclic) bond motifs is 1. The molecule has 1 fully saturated rings. The van der Waals surface area contributed by atoms with Gasteiger partial charge in [-0.1, -0.05) is 17.4 Å². The molecule has 6 nitrogen and oxygen atoms in total. The maximum absolute atomic E-state index is 5.47. The Morgan fingerprint density at radius 1 is 1.10 bits per heavy atom. The van der Waals surface area contributed by atoms with Crippen LogP contribution in [0.15, 0.2) is 61.1 Å². The monoisotopic (exact) mass is 417 g/mol. The summed E-state index contributed by atoms with van der Waals surface area (Å²) in [5.41, 5.74) is 4.55. The molecular weight excluding hydrogens is 394 g/mol. The Bertz CT molecular complexity index is 1150. The van der Waals surface area contributed by atoms with Crippen LogP contribution in [0.5, 0.6) is 0 Å². The lowest BCUT2D eigenvalue weighted by atomic mass is 10.1. The zero-order valence-electron chi connectivity index (χ0n) is 16.8. The highest BCUT2D eigenvalue weighted by molar-refractivity contribution is 7.22. The summed E-state index contributed by atoms with van der Waals surface area (Å²) in [4.78, 5) is 15.7. The molecular formula is C23H23N5OS. The van der Waals surface area contributed by atoms with Gasteiger partial charge in [0.2, 0.25) is 0 Å². The molecule has 1 aliphatic rings. The normalized spacial score (nSPS) is 16.9. The van der Waals surface area contributed by atoms with E-state index in [1.165, 1.54) is 11.1 Å². The molecule has 1 unspecified atom stereocenters. The largest absolute Gasteiger partial charge is 0.380 e. The minimum atomic E-state index is 0.351. The van der Waals surface area contributed by atoms with E-state index in [0.29, 0.717) is 6.10 Å². The maximum atomic E-state index is 5.47. The summed E-state index contributed by atoms with van der Waals surface area (Å²) in [6.07, 6.45) is 6.94. The number of nitrogens with one attached hydrogen (secondary N) is 1. The minimum absolute atomic E-state index is 0.351. The smallest absolute Gasteiger partial charge is 0.189 e. The van der Waals surface area contributed by atoms with Gasteiger partial charge in [-0.3, -0.25) is 9.88 Å². The molecule has 152 valence electrons. The lowest BCUT2D eigenvalue weighted by molar-refractivity contribution is 0.107. The maximum Gasteiger partial charge on any atom is 0.189 e. The number of hydrogen-bond donors (Lipinski definition) is 1. The van der Waals surface area contributed by atoms with Gasteiger partial charge in [0.05, 0.1) is 16.3 Å². The number of pyridine rings is 2. The number of likely N-dealkylation sites (tertiary alicyclic amines) is 1. The molecule has 3 aromatic heterocycles. The minimum Gasteiger partial charge on any atom is -0.380 e. The molecule has 0 saturated carbocycles. The van der Waals surface area contributed by atoms with Crippen molar-refractivity contribution in [1.29, 1.82) is 0 Å². The fraction of sp³-hybridized carbons (Fsp3) is 0.261. The van der Waals surface area contributed by atoms with E-state index in [4.69, 9.17) is 9.72 Å². The van der Waals surface area contributed by atoms with Crippen LogP contribution >= 0.6 is 11.3 Å². The third-order valence-electron chi connectivity index (χ3n) is 5.43. The number of hydrogen-bond acceptors (Lipinski definition) is 7. The summed E-state index contributed by atoms with van der Waals surface area (Å²) in [5.74, 6) is 0.823. The predicted molar refractivity (Wildman–Crippen MR) is 121 cm³/mol. The Labute approximate surface area is 179 Å². The van der Waals surface area contributed by atoms with Gasteiger partial charge in [-0.15, -0.1) is 0 Å². The van der Waals surface area contributed by atoms with E-state index in [9.17, 15) is 0 Å². The number of ether oxygens (including phenoxy) is 1. The second kappa shape index (κ2) is 8.47. The van der Waals surface area contributed by atoms with Crippen LogP contribution in [0, 0.1) is 0 Å². The van der Waals surface area contributed by atoms with Crippen molar-refractivity contribution in [2.75, 3.05) is 25.5 Å². The van der Waals surface area contributed by atoms with Gasteiger partial charge in [0.25, 0.3) is 0 Å². The van der Waals surface area contributed by atoms with Crippen LogP contribution in [0.3, 0.4) is 0 Å². The number of nitrogens with zero attached hydrogens (tertiary/aromatic N) is 4. The van der Waals surface area contributed by atoms with Crippen molar-refractivity contribution in [2.24, 2.45) is 0 Å². The van der Waals surface area contributed by atoms with E-state index in [1.807, 2.05) is 30.7 Å². The fourth-order valence-electron chi connectivity index (χ4n) is 3.84. The fourth-order valence-corrected chi connectivity index (χ4v) is 4.76. The number of benzene rings is 1. The molecule has 0 spiro atoms. The summed E-state index contributed by atoms with van der Waals surface area (Å²) in [5, 5.41) is 4.23. The van der Waals surface area contributed by atoms with Crippen LogP contribution in [0.2, 0.25) is 0 Å². The molecule has 4 aromatic rings. The zero-order valence-corrected chi connectivity index (χ0v) is 17.6. The highest BCUT2D eigenvalue weighted by atomic mass is 32.1. The molecule has 1 saturated heterocycles. The second-order valence-electron chi connectivity index (χ2n) is 7.49. The summed E-state index contributed by atoms with van der Waals surface area (Å²) in [7, 11) is 1.79. The molecule has 0 bridgehead atoms. The molecule has 4 heterocycles. The molecule has 5 rings (SSSR count). The van der Waals surface area contributed by atoms with Gasteiger partial charge in [0.15, 0.2) is 5.13 Å². The van der Waals surface area contributed by atoms with E-state index in [-0.39, 0.29) is 0 Å². The molecule has 1 aromatic carbocycles. The van der Waals surface area contributed by atoms with Crippen LogP contribution in [0.4, 0.5) is 10.9 Å². The predicted octanol–water partition coefficient (Wildman–Crippen LogP) is 4.72. The van der Waals surface area contributed by atoms with Crippen LogP contribution < -0.4 is 5.32 Å². The quantitative estimate of drug-likeness (QED) is 0.490. The summed E-state index contributed by atoms with van der Waals surface area (Å²) in [6, 6.07) is 14.6. The Balaban J connectivity index is 1.32. The molecule has 0 radical (unpaired) electrons.